The van der Waals surface area contributed by atoms with E-state index in [1.807, 2.05) is 13.8 Å². The Hall–Kier alpha value is -1.29. The average Bonchev–Trinajstić information content (AvgIpc) is 2.52. The Morgan fingerprint density at radius 2 is 1.85 bits per heavy atom. The van der Waals surface area contributed by atoms with Gasteiger partial charge in [0.2, 0.25) is 5.91 Å². The Kier molecular flexibility index (Phi) is 10.9. The second-order valence-corrected chi connectivity index (χ2v) is 6.86. The Balaban J connectivity index is 0.00000110. The first-order chi connectivity index (χ1) is 11.9. The summed E-state index contributed by atoms with van der Waals surface area (Å²) in [7, 11) is -3.30. The van der Waals surface area contributed by atoms with Crippen LogP contribution in [-0.2, 0) is 23.6 Å². The molecular weight excluding hydrogens is 367 g/mol. The third kappa shape index (κ3) is 10.0. The van der Waals surface area contributed by atoms with Crippen LogP contribution in [0.1, 0.15) is 40.0 Å². The molecule has 3 atom stereocenters. The van der Waals surface area contributed by atoms with Crippen LogP contribution in [0.5, 0.6) is 0 Å². The predicted octanol–water partition coefficient (Wildman–Crippen LogP) is -0.0333. The quantitative estimate of drug-likeness (QED) is 0.306. The highest BCUT2D eigenvalue weighted by atomic mass is 31.2. The van der Waals surface area contributed by atoms with Gasteiger partial charge in [-0.15, -0.1) is 0 Å². The number of carbonyl (C=O) groups is 2. The molecule has 0 heterocycles. The zero-order chi connectivity index (χ0) is 20.5. The number of nitrogens with one attached hydrogen (secondary N) is 1. The van der Waals surface area contributed by atoms with Gasteiger partial charge in [-0.3, -0.25) is 4.79 Å². The molecule has 0 bridgehead atoms. The van der Waals surface area contributed by atoms with Crippen LogP contribution in [0.15, 0.2) is 11.6 Å². The van der Waals surface area contributed by atoms with E-state index in [1.54, 1.807) is 6.08 Å². The fraction of sp³-hybridized carbons (Fsp3) is 0.733. The summed E-state index contributed by atoms with van der Waals surface area (Å²) in [4.78, 5) is 44.7. The molecule has 0 aliphatic heterocycles. The Bertz CT molecular complexity index is 535. The lowest BCUT2D eigenvalue weighted by Gasteiger charge is -2.36. The zero-order valence-electron chi connectivity index (χ0n) is 15.4. The largest absolute Gasteiger partial charge is 0.466 e. The van der Waals surface area contributed by atoms with Crippen LogP contribution >= 0.6 is 7.82 Å². The third-order valence-electron chi connectivity index (χ3n) is 3.71. The summed E-state index contributed by atoms with van der Waals surface area (Å²) in [5.74, 6) is -0.562. The van der Waals surface area contributed by atoms with Crippen LogP contribution in [0, 0.1) is 0 Å². The molecule has 0 saturated carbocycles. The van der Waals surface area contributed by atoms with Gasteiger partial charge in [-0.05, 0) is 25.3 Å². The molecule has 152 valence electrons. The maximum atomic E-state index is 11.7. The van der Waals surface area contributed by atoms with Gasteiger partial charge in [-0.1, -0.05) is 13.8 Å². The van der Waals surface area contributed by atoms with Crippen molar-refractivity contribution < 1.29 is 38.3 Å². The van der Waals surface area contributed by atoms with E-state index < -0.39 is 19.9 Å². The molecular formula is C15H29N2O8P. The summed E-state index contributed by atoms with van der Waals surface area (Å²) < 4.78 is 19.7. The smallest absolute Gasteiger partial charge is 0.466 e. The average molecular weight is 396 g/mol. The van der Waals surface area contributed by atoms with Crippen molar-refractivity contribution in [1.82, 2.24) is 5.32 Å². The van der Waals surface area contributed by atoms with E-state index in [1.165, 1.54) is 14.0 Å². The first kappa shape index (κ1) is 24.7. The fourth-order valence-electron chi connectivity index (χ4n) is 2.53. The number of ether oxygens (including phenoxy) is 2. The molecule has 0 saturated heterocycles. The van der Waals surface area contributed by atoms with E-state index in [0.717, 1.165) is 12.8 Å². The minimum atomic E-state index is -4.64. The Morgan fingerprint density at radius 1 is 1.35 bits per heavy atom. The maximum Gasteiger partial charge on any atom is 0.466 e. The Labute approximate surface area is 153 Å². The van der Waals surface area contributed by atoms with Crippen LogP contribution in [-0.4, -0.2) is 58.0 Å². The number of hydrogen-bond acceptors (Lipinski definition) is 6. The monoisotopic (exact) mass is 396 g/mol. The van der Waals surface area contributed by atoms with Gasteiger partial charge < -0.3 is 35.2 Å². The summed E-state index contributed by atoms with van der Waals surface area (Å²) >= 11 is 0. The lowest BCUT2D eigenvalue weighted by molar-refractivity contribution is -0.136. The van der Waals surface area contributed by atoms with Crippen LogP contribution in [0.25, 0.3) is 0 Å². The summed E-state index contributed by atoms with van der Waals surface area (Å²) in [6.07, 6.45) is 3.45. The van der Waals surface area contributed by atoms with Gasteiger partial charge in [-0.25, -0.2) is 9.36 Å². The number of amides is 1. The molecule has 1 amide bonds. The number of hydrogen-bond donors (Lipinski definition) is 5. The van der Waals surface area contributed by atoms with Gasteiger partial charge in [-0.2, -0.15) is 0 Å². The molecule has 11 heteroatoms. The van der Waals surface area contributed by atoms with Crippen LogP contribution in [0.2, 0.25) is 0 Å². The van der Waals surface area contributed by atoms with Crippen molar-refractivity contribution in [3.05, 3.63) is 11.6 Å². The number of nitrogens with two attached hydrogens (primary N) is 1. The molecule has 1 aliphatic carbocycles. The van der Waals surface area contributed by atoms with E-state index >= 15 is 0 Å². The molecule has 0 aromatic carbocycles. The number of methoxy groups -OCH3 is 1. The number of carbonyl (C=O) groups excluding carboxylic acids is 2. The van der Waals surface area contributed by atoms with Gasteiger partial charge in [0.1, 0.15) is 0 Å². The molecule has 0 radical (unpaired) electrons. The number of esters is 1. The van der Waals surface area contributed by atoms with Crippen molar-refractivity contribution >= 4 is 19.7 Å². The van der Waals surface area contributed by atoms with Crippen molar-refractivity contribution in [2.24, 2.45) is 5.73 Å². The molecule has 10 nitrogen and oxygen atoms in total. The van der Waals surface area contributed by atoms with E-state index in [0.29, 0.717) is 12.0 Å². The van der Waals surface area contributed by atoms with Gasteiger partial charge >= 0.3 is 13.8 Å². The zero-order valence-corrected chi connectivity index (χ0v) is 16.3. The van der Waals surface area contributed by atoms with Crippen molar-refractivity contribution in [3.63, 3.8) is 0 Å². The van der Waals surface area contributed by atoms with Gasteiger partial charge in [0.05, 0.1) is 25.4 Å². The molecule has 1 aliphatic rings. The lowest BCUT2D eigenvalue weighted by Crippen LogP contribution is -2.57. The molecule has 6 N–H and O–H groups in total. The first-order valence-corrected chi connectivity index (χ1v) is 9.74. The normalized spacial score (nSPS) is 22.8. The second-order valence-electron chi connectivity index (χ2n) is 5.83. The van der Waals surface area contributed by atoms with E-state index in [2.05, 4.69) is 5.32 Å². The minimum Gasteiger partial charge on any atom is -0.466 e. The topological polar surface area (TPSA) is 168 Å². The van der Waals surface area contributed by atoms with E-state index in [9.17, 15) is 9.59 Å². The van der Waals surface area contributed by atoms with Gasteiger partial charge in [0, 0.05) is 18.5 Å². The lowest BCUT2D eigenvalue weighted by atomic mass is 9.88. The van der Waals surface area contributed by atoms with Crippen molar-refractivity contribution in [2.45, 2.75) is 64.3 Å². The molecule has 0 unspecified atom stereocenters. The Morgan fingerprint density at radius 3 is 2.23 bits per heavy atom. The van der Waals surface area contributed by atoms with Crippen LogP contribution < -0.4 is 11.1 Å². The molecule has 26 heavy (non-hydrogen) atoms. The van der Waals surface area contributed by atoms with Gasteiger partial charge in [0.15, 0.2) is 0 Å². The van der Waals surface area contributed by atoms with Gasteiger partial charge in [0.25, 0.3) is 0 Å². The van der Waals surface area contributed by atoms with E-state index in [-0.39, 0.29) is 24.1 Å². The highest BCUT2D eigenvalue weighted by Crippen LogP contribution is 2.26. The summed E-state index contributed by atoms with van der Waals surface area (Å²) in [5.41, 5.74) is 6.62. The molecule has 0 aromatic rings. The summed E-state index contributed by atoms with van der Waals surface area (Å²) in [6, 6.07) is -0.719. The maximum absolute atomic E-state index is 11.7. The highest BCUT2D eigenvalue weighted by molar-refractivity contribution is 7.45. The predicted molar refractivity (Wildman–Crippen MR) is 93.8 cm³/mol. The minimum absolute atomic E-state index is 0.0618. The number of phosphoric acid groups is 1. The second kappa shape index (κ2) is 11.4. The first-order valence-electron chi connectivity index (χ1n) is 8.18. The summed E-state index contributed by atoms with van der Waals surface area (Å²) in [5, 5.41) is 2.83. The third-order valence-corrected chi connectivity index (χ3v) is 3.71. The van der Waals surface area contributed by atoms with Crippen molar-refractivity contribution in [3.8, 4) is 0 Å². The van der Waals surface area contributed by atoms with Crippen molar-refractivity contribution in [2.75, 3.05) is 7.11 Å². The SMILES string of the molecule is CCC(CC)O[C@@H]1C=C(C(=O)OC)C[C@H](N)[C@H]1NC(C)=O.O=P(O)(O)O. The van der Waals surface area contributed by atoms with Crippen LogP contribution in [0.3, 0.4) is 0 Å². The number of rotatable bonds is 6. The van der Waals surface area contributed by atoms with E-state index in [4.69, 9.17) is 34.5 Å². The molecule has 0 spiro atoms. The van der Waals surface area contributed by atoms with Crippen molar-refractivity contribution in [1.29, 1.82) is 0 Å². The standard InChI is InChI=1S/C15H26N2O4.H3O4P/c1-5-11(6-2)21-13-8-10(15(19)20-4)7-12(16)14(13)17-9(3)18;1-5(2,3)4/h8,11-14H,5-7,16H2,1-4H3,(H,17,18);(H3,1,2,3,4)/t12-,13+,14+;/m0./s1. The molecule has 1 rings (SSSR count). The molecule has 0 fully saturated rings. The fourth-order valence-corrected chi connectivity index (χ4v) is 2.53. The molecule has 0 aromatic heterocycles. The van der Waals surface area contributed by atoms with Crippen LogP contribution in [0.4, 0.5) is 0 Å². The highest BCUT2D eigenvalue weighted by Gasteiger charge is 2.35. The summed E-state index contributed by atoms with van der Waals surface area (Å²) in [6.45, 7) is 5.52.